The molecule has 0 fully saturated rings. The van der Waals surface area contributed by atoms with Crippen molar-refractivity contribution >= 4 is 23.4 Å². The minimum atomic E-state index is 0.320. The maximum atomic E-state index is 4.63. The highest BCUT2D eigenvalue weighted by molar-refractivity contribution is 7.99. The second-order valence-electron chi connectivity index (χ2n) is 8.09. The van der Waals surface area contributed by atoms with Crippen molar-refractivity contribution in [1.29, 1.82) is 0 Å². The van der Waals surface area contributed by atoms with Crippen LogP contribution in [-0.2, 0) is 0 Å². The van der Waals surface area contributed by atoms with Crippen LogP contribution in [0, 0.1) is 6.92 Å². The molecular weight excluding hydrogens is 406 g/mol. The van der Waals surface area contributed by atoms with Gasteiger partial charge in [0.25, 0.3) is 0 Å². The Bertz CT molecular complexity index is 1160. The Kier molecular flexibility index (Phi) is 6.08. The van der Waals surface area contributed by atoms with Crippen LogP contribution in [0.1, 0.15) is 50.8 Å². The Hall–Kier alpha value is -3.13. The zero-order valence-electron chi connectivity index (χ0n) is 18.4. The van der Waals surface area contributed by atoms with Crippen LogP contribution < -0.4 is 5.32 Å². The summed E-state index contributed by atoms with van der Waals surface area (Å²) in [5.74, 6) is 0.941. The predicted molar refractivity (Wildman–Crippen MR) is 125 cm³/mol. The van der Waals surface area contributed by atoms with Gasteiger partial charge in [0.05, 0.1) is 5.69 Å². The fourth-order valence-corrected chi connectivity index (χ4v) is 4.06. The number of aromatic amines is 1. The van der Waals surface area contributed by atoms with Gasteiger partial charge in [-0.2, -0.15) is 10.1 Å². The molecule has 0 atom stereocenters. The molecule has 4 aromatic rings. The van der Waals surface area contributed by atoms with Crippen molar-refractivity contribution in [3.63, 3.8) is 0 Å². The van der Waals surface area contributed by atoms with Crippen LogP contribution in [0.15, 0.2) is 59.1 Å². The maximum absolute atomic E-state index is 4.63. The van der Waals surface area contributed by atoms with Gasteiger partial charge in [0.1, 0.15) is 5.03 Å². The maximum Gasteiger partial charge on any atom is 0.224 e. The smallest absolute Gasteiger partial charge is 0.224 e. The first-order valence-electron chi connectivity index (χ1n) is 10.4. The number of aryl methyl sites for hydroxylation is 1. The zero-order chi connectivity index (χ0) is 22.0. The van der Waals surface area contributed by atoms with E-state index in [0.29, 0.717) is 23.1 Å². The average Bonchev–Trinajstić information content (AvgIpc) is 3.39. The summed E-state index contributed by atoms with van der Waals surface area (Å²) in [4.78, 5) is 8.94. The van der Waals surface area contributed by atoms with Crippen molar-refractivity contribution in [3.05, 3.63) is 60.0 Å². The molecule has 3 aromatic heterocycles. The van der Waals surface area contributed by atoms with Crippen molar-refractivity contribution in [2.24, 2.45) is 0 Å². The fourth-order valence-electron chi connectivity index (χ4n) is 3.38. The molecule has 0 aliphatic rings. The van der Waals surface area contributed by atoms with Gasteiger partial charge < -0.3 is 5.32 Å². The molecule has 7 nitrogen and oxygen atoms in total. The quantitative estimate of drug-likeness (QED) is 0.373. The van der Waals surface area contributed by atoms with E-state index in [0.717, 1.165) is 21.8 Å². The van der Waals surface area contributed by atoms with E-state index in [9.17, 15) is 0 Å². The molecule has 0 saturated carbocycles. The van der Waals surface area contributed by atoms with Gasteiger partial charge >= 0.3 is 0 Å². The van der Waals surface area contributed by atoms with Crippen molar-refractivity contribution in [2.45, 2.75) is 56.8 Å². The molecule has 4 rings (SSSR count). The van der Waals surface area contributed by atoms with E-state index >= 15 is 0 Å². The zero-order valence-corrected chi connectivity index (χ0v) is 19.2. The van der Waals surface area contributed by atoms with E-state index in [4.69, 9.17) is 0 Å². The van der Waals surface area contributed by atoms with Gasteiger partial charge in [0, 0.05) is 35.8 Å². The van der Waals surface area contributed by atoms with Gasteiger partial charge in [-0.25, -0.2) is 5.10 Å². The van der Waals surface area contributed by atoms with Crippen LogP contribution in [0.3, 0.4) is 0 Å². The molecule has 0 spiro atoms. The average molecular weight is 434 g/mol. The van der Waals surface area contributed by atoms with E-state index < -0.39 is 0 Å². The number of nitrogens with zero attached hydrogens (tertiary/aromatic N) is 5. The monoisotopic (exact) mass is 433 g/mol. The van der Waals surface area contributed by atoms with Crippen LogP contribution in [0.2, 0.25) is 0 Å². The van der Waals surface area contributed by atoms with Crippen LogP contribution in [0.25, 0.3) is 11.1 Å². The van der Waals surface area contributed by atoms with Gasteiger partial charge in [0.2, 0.25) is 11.1 Å². The largest absolute Gasteiger partial charge is 0.324 e. The van der Waals surface area contributed by atoms with Gasteiger partial charge in [-0.15, -0.1) is 5.10 Å². The molecule has 0 bridgehead atoms. The fraction of sp³-hybridized carbons (Fsp3) is 0.304. The summed E-state index contributed by atoms with van der Waals surface area (Å²) in [5.41, 5.74) is 5.61. The molecule has 3 heterocycles. The lowest BCUT2D eigenvalue weighted by Gasteiger charge is -2.19. The molecular formula is C23H27N7S. The number of rotatable bonds is 7. The van der Waals surface area contributed by atoms with E-state index in [2.05, 4.69) is 83.4 Å². The van der Waals surface area contributed by atoms with E-state index in [1.807, 2.05) is 29.2 Å². The molecule has 0 unspecified atom stereocenters. The van der Waals surface area contributed by atoms with Crippen LogP contribution >= 0.6 is 11.8 Å². The Morgan fingerprint density at radius 2 is 1.97 bits per heavy atom. The topological polar surface area (TPSA) is 84.3 Å². The minimum Gasteiger partial charge on any atom is -0.324 e. The summed E-state index contributed by atoms with van der Waals surface area (Å²) in [6, 6.07) is 10.7. The number of H-pyrrole nitrogens is 1. The minimum absolute atomic E-state index is 0.320. The second-order valence-corrected chi connectivity index (χ2v) is 9.08. The van der Waals surface area contributed by atoms with Crippen molar-refractivity contribution in [1.82, 2.24) is 29.9 Å². The summed E-state index contributed by atoms with van der Waals surface area (Å²) in [7, 11) is 0. The van der Waals surface area contributed by atoms with Crippen LogP contribution in [0.5, 0.6) is 0 Å². The number of hydrogen-bond acceptors (Lipinski definition) is 6. The molecule has 0 saturated heterocycles. The Morgan fingerprint density at radius 1 is 1.13 bits per heavy atom. The number of pyridine rings is 1. The normalized spacial score (nSPS) is 11.5. The van der Waals surface area contributed by atoms with Gasteiger partial charge in [-0.1, -0.05) is 31.5 Å². The molecule has 2 N–H and O–H groups in total. The molecule has 160 valence electrons. The van der Waals surface area contributed by atoms with E-state index in [1.54, 1.807) is 6.20 Å². The first-order chi connectivity index (χ1) is 14.9. The molecule has 0 radical (unpaired) electrons. The van der Waals surface area contributed by atoms with Crippen molar-refractivity contribution < 1.29 is 0 Å². The third kappa shape index (κ3) is 4.80. The summed E-state index contributed by atoms with van der Waals surface area (Å²) < 4.78 is 1.93. The van der Waals surface area contributed by atoms with Gasteiger partial charge in [-0.3, -0.25) is 9.67 Å². The summed E-state index contributed by atoms with van der Waals surface area (Å²) in [6.45, 7) is 10.7. The Balaban J connectivity index is 1.64. The number of aromatic nitrogens is 6. The molecule has 0 aliphatic heterocycles. The van der Waals surface area contributed by atoms with Crippen molar-refractivity contribution in [3.8, 4) is 11.1 Å². The molecule has 31 heavy (non-hydrogen) atoms. The summed E-state index contributed by atoms with van der Waals surface area (Å²) in [5, 5.41) is 16.9. The van der Waals surface area contributed by atoms with Gasteiger partial charge in [-0.05, 0) is 62.2 Å². The van der Waals surface area contributed by atoms with Crippen LogP contribution in [0.4, 0.5) is 11.6 Å². The highest BCUT2D eigenvalue weighted by Gasteiger charge is 2.17. The highest BCUT2D eigenvalue weighted by atomic mass is 32.2. The Morgan fingerprint density at radius 3 is 2.65 bits per heavy atom. The SMILES string of the molecule is Cc1cc(-c2cccnc2)c(Nc2nc(Sc3ccn(C(C)C)n3)n[nH]2)c(C(C)C)c1. The lowest BCUT2D eigenvalue weighted by Crippen LogP contribution is -2.03. The van der Waals surface area contributed by atoms with Crippen LogP contribution in [-0.4, -0.2) is 29.9 Å². The lowest BCUT2D eigenvalue weighted by molar-refractivity contribution is 0.522. The number of hydrogen-bond donors (Lipinski definition) is 2. The number of nitrogens with one attached hydrogen (secondary N) is 2. The standard InChI is InChI=1S/C23H27N7S/c1-14(2)18-11-16(5)12-19(17-7-6-9-24-13-17)21(18)25-22-26-23(28-27-22)31-20-8-10-30(29-20)15(3)4/h6-15H,1-5H3,(H2,25,26,27,28). The lowest BCUT2D eigenvalue weighted by atomic mass is 9.92. The second kappa shape index (κ2) is 8.93. The first kappa shape index (κ1) is 21.1. The van der Waals surface area contributed by atoms with E-state index in [1.165, 1.54) is 22.9 Å². The molecule has 8 heteroatoms. The summed E-state index contributed by atoms with van der Waals surface area (Å²) in [6.07, 6.45) is 5.65. The molecule has 0 amide bonds. The van der Waals surface area contributed by atoms with Crippen molar-refractivity contribution in [2.75, 3.05) is 5.32 Å². The third-order valence-corrected chi connectivity index (χ3v) is 5.72. The predicted octanol–water partition coefficient (Wildman–Crippen LogP) is 5.97. The van der Waals surface area contributed by atoms with E-state index in [-0.39, 0.29) is 0 Å². The first-order valence-corrected chi connectivity index (χ1v) is 11.2. The number of benzene rings is 1. The highest BCUT2D eigenvalue weighted by Crippen LogP contribution is 2.37. The molecule has 1 aromatic carbocycles. The summed E-state index contributed by atoms with van der Waals surface area (Å²) >= 11 is 1.44. The Labute approximate surface area is 186 Å². The third-order valence-electron chi connectivity index (χ3n) is 4.92. The molecule has 0 aliphatic carbocycles. The number of anilines is 2. The van der Waals surface area contributed by atoms with Gasteiger partial charge in [0.15, 0.2) is 0 Å².